The fourth-order valence-electron chi connectivity index (χ4n) is 2.67. The molecule has 6 nitrogen and oxygen atoms in total. The molecular formula is C13H20N4O2. The molecule has 1 atom stereocenters. The van der Waals surface area contributed by atoms with Gasteiger partial charge in [-0.15, -0.1) is 0 Å². The lowest BCUT2D eigenvalue weighted by atomic mass is 10.1. The highest BCUT2D eigenvalue weighted by molar-refractivity contribution is 5.99. The van der Waals surface area contributed by atoms with Gasteiger partial charge in [-0.05, 0) is 31.7 Å². The molecule has 0 spiro atoms. The minimum Gasteiger partial charge on any atom is -0.396 e. The Morgan fingerprint density at radius 1 is 1.58 bits per heavy atom. The predicted octanol–water partition coefficient (Wildman–Crippen LogP) is 0.504. The number of aliphatic hydroxyl groups excluding tert-OH is 1. The Hall–Kier alpha value is -1.82. The summed E-state index contributed by atoms with van der Waals surface area (Å²) >= 11 is 0. The van der Waals surface area contributed by atoms with Crippen molar-refractivity contribution in [1.82, 2.24) is 4.98 Å². The summed E-state index contributed by atoms with van der Waals surface area (Å²) in [6.07, 6.45) is 5.41. The van der Waals surface area contributed by atoms with Crippen molar-refractivity contribution < 1.29 is 9.90 Å². The van der Waals surface area contributed by atoms with Crippen molar-refractivity contribution >= 4 is 17.4 Å². The molecular weight excluding hydrogens is 244 g/mol. The maximum absolute atomic E-state index is 11.5. The van der Waals surface area contributed by atoms with E-state index in [0.29, 0.717) is 17.4 Å². The van der Waals surface area contributed by atoms with Gasteiger partial charge >= 0.3 is 0 Å². The largest absolute Gasteiger partial charge is 0.396 e. The van der Waals surface area contributed by atoms with E-state index < -0.39 is 5.91 Å². The minimum absolute atomic E-state index is 0.188. The van der Waals surface area contributed by atoms with E-state index in [2.05, 4.69) is 9.88 Å². The molecule has 5 N–H and O–H groups in total. The average Bonchev–Trinajstić information content (AvgIpc) is 2.84. The maximum atomic E-state index is 11.5. The lowest BCUT2D eigenvalue weighted by Crippen LogP contribution is -2.31. The van der Waals surface area contributed by atoms with Crippen molar-refractivity contribution in [3.8, 4) is 0 Å². The number of aliphatic hydroxyl groups is 1. The second-order valence-electron chi connectivity index (χ2n) is 4.85. The third-order valence-electron chi connectivity index (χ3n) is 3.55. The first-order valence-corrected chi connectivity index (χ1v) is 6.56. The first-order valence-electron chi connectivity index (χ1n) is 6.56. The van der Waals surface area contributed by atoms with E-state index in [4.69, 9.17) is 16.6 Å². The molecule has 0 aromatic carbocycles. The van der Waals surface area contributed by atoms with Gasteiger partial charge in [0.2, 0.25) is 0 Å². The zero-order valence-electron chi connectivity index (χ0n) is 10.9. The quantitative estimate of drug-likeness (QED) is 0.718. The van der Waals surface area contributed by atoms with Crippen molar-refractivity contribution in [2.75, 3.05) is 23.8 Å². The van der Waals surface area contributed by atoms with Gasteiger partial charge in [0.1, 0.15) is 5.82 Å². The van der Waals surface area contributed by atoms with Crippen molar-refractivity contribution in [3.63, 3.8) is 0 Å². The lowest BCUT2D eigenvalue weighted by Gasteiger charge is -2.28. The highest BCUT2D eigenvalue weighted by Crippen LogP contribution is 2.30. The number of nitrogens with zero attached hydrogens (tertiary/aromatic N) is 2. The second kappa shape index (κ2) is 5.88. The molecule has 1 saturated heterocycles. The molecule has 2 rings (SSSR count). The Labute approximate surface area is 112 Å². The van der Waals surface area contributed by atoms with E-state index in [9.17, 15) is 4.79 Å². The molecule has 104 valence electrons. The highest BCUT2D eigenvalue weighted by atomic mass is 16.2. The molecule has 0 saturated carbocycles. The molecule has 0 aliphatic carbocycles. The smallest absolute Gasteiger partial charge is 0.251 e. The number of amides is 1. The van der Waals surface area contributed by atoms with Crippen LogP contribution >= 0.6 is 0 Å². The Kier molecular flexibility index (Phi) is 4.21. The monoisotopic (exact) mass is 264 g/mol. The van der Waals surface area contributed by atoms with Crippen LogP contribution in [0.5, 0.6) is 0 Å². The van der Waals surface area contributed by atoms with Crippen molar-refractivity contribution in [3.05, 3.63) is 17.8 Å². The summed E-state index contributed by atoms with van der Waals surface area (Å²) in [5, 5.41) is 8.94. The van der Waals surface area contributed by atoms with Crippen LogP contribution in [0.25, 0.3) is 0 Å². The van der Waals surface area contributed by atoms with Gasteiger partial charge in [-0.25, -0.2) is 4.98 Å². The van der Waals surface area contributed by atoms with E-state index in [1.54, 1.807) is 6.20 Å². The molecule has 1 aliphatic rings. The fourth-order valence-corrected chi connectivity index (χ4v) is 2.67. The van der Waals surface area contributed by atoms with Crippen molar-refractivity contribution in [2.45, 2.75) is 31.7 Å². The number of rotatable bonds is 5. The highest BCUT2D eigenvalue weighted by Gasteiger charge is 2.27. The Morgan fingerprint density at radius 3 is 3.05 bits per heavy atom. The van der Waals surface area contributed by atoms with Crippen LogP contribution in [0.4, 0.5) is 11.5 Å². The van der Waals surface area contributed by atoms with Crippen LogP contribution in [0.15, 0.2) is 12.3 Å². The van der Waals surface area contributed by atoms with Crippen LogP contribution < -0.4 is 16.4 Å². The molecule has 1 aromatic rings. The summed E-state index contributed by atoms with van der Waals surface area (Å²) in [6, 6.07) is 1.86. The van der Waals surface area contributed by atoms with E-state index in [-0.39, 0.29) is 6.61 Å². The number of nitrogen functional groups attached to an aromatic ring is 1. The molecule has 6 heteroatoms. The molecule has 1 unspecified atom stereocenters. The van der Waals surface area contributed by atoms with Gasteiger partial charge in [0.05, 0.1) is 17.4 Å². The average molecular weight is 264 g/mol. The number of hydrogen-bond acceptors (Lipinski definition) is 5. The van der Waals surface area contributed by atoms with Gasteiger partial charge in [0, 0.05) is 19.2 Å². The standard InChI is InChI=1S/C13H20N4O2/c14-12-7-10(13(15)19)11(8-16-12)17-5-1-3-9(17)4-2-6-18/h7-9,18H,1-6H2,(H2,14,16)(H2,15,19). The summed E-state index contributed by atoms with van der Waals surface area (Å²) in [4.78, 5) is 17.7. The predicted molar refractivity (Wildman–Crippen MR) is 73.9 cm³/mol. The number of carbonyl (C=O) groups is 1. The van der Waals surface area contributed by atoms with Crippen LogP contribution in [-0.4, -0.2) is 35.2 Å². The van der Waals surface area contributed by atoms with Gasteiger partial charge in [-0.1, -0.05) is 0 Å². The van der Waals surface area contributed by atoms with Crippen LogP contribution in [0.1, 0.15) is 36.0 Å². The summed E-state index contributed by atoms with van der Waals surface area (Å²) < 4.78 is 0. The van der Waals surface area contributed by atoms with Crippen LogP contribution in [-0.2, 0) is 0 Å². The third-order valence-corrected chi connectivity index (χ3v) is 3.55. The molecule has 19 heavy (non-hydrogen) atoms. The van der Waals surface area contributed by atoms with Crippen molar-refractivity contribution in [2.24, 2.45) is 5.73 Å². The molecule has 1 aliphatic heterocycles. The second-order valence-corrected chi connectivity index (χ2v) is 4.85. The summed E-state index contributed by atoms with van der Waals surface area (Å²) in [5.41, 5.74) is 12.2. The number of primary amides is 1. The van der Waals surface area contributed by atoms with Gasteiger partial charge in [-0.2, -0.15) is 0 Å². The first-order chi connectivity index (χ1) is 9.13. The molecule has 0 bridgehead atoms. The summed E-state index contributed by atoms with van der Waals surface area (Å²) in [7, 11) is 0. The maximum Gasteiger partial charge on any atom is 0.251 e. The normalized spacial score (nSPS) is 18.8. The number of aromatic nitrogens is 1. The zero-order chi connectivity index (χ0) is 13.8. The van der Waals surface area contributed by atoms with Crippen LogP contribution in [0.3, 0.4) is 0 Å². The van der Waals surface area contributed by atoms with Gasteiger partial charge in [0.25, 0.3) is 5.91 Å². The van der Waals surface area contributed by atoms with Gasteiger partial charge in [-0.3, -0.25) is 4.79 Å². The van der Waals surface area contributed by atoms with E-state index in [1.165, 1.54) is 6.07 Å². The number of pyridine rings is 1. The van der Waals surface area contributed by atoms with Crippen molar-refractivity contribution in [1.29, 1.82) is 0 Å². The summed E-state index contributed by atoms with van der Waals surface area (Å²) in [6.45, 7) is 1.06. The molecule has 0 radical (unpaired) electrons. The number of anilines is 2. The third kappa shape index (κ3) is 2.96. The molecule has 1 aromatic heterocycles. The van der Waals surface area contributed by atoms with Gasteiger partial charge in [0.15, 0.2) is 0 Å². The Bertz CT molecular complexity index is 464. The lowest BCUT2D eigenvalue weighted by molar-refractivity contribution is 0.100. The fraction of sp³-hybridized carbons (Fsp3) is 0.538. The molecule has 1 fully saturated rings. The zero-order valence-corrected chi connectivity index (χ0v) is 10.9. The minimum atomic E-state index is -0.489. The number of hydrogen-bond donors (Lipinski definition) is 3. The van der Waals surface area contributed by atoms with Crippen LogP contribution in [0, 0.1) is 0 Å². The topological polar surface area (TPSA) is 105 Å². The molecule has 2 heterocycles. The Morgan fingerprint density at radius 2 is 2.37 bits per heavy atom. The Balaban J connectivity index is 2.27. The SMILES string of the molecule is NC(=O)c1cc(N)ncc1N1CCCC1CCCO. The number of nitrogens with two attached hydrogens (primary N) is 2. The summed E-state index contributed by atoms with van der Waals surface area (Å²) in [5.74, 6) is -0.194. The van der Waals surface area contributed by atoms with Gasteiger partial charge < -0.3 is 21.5 Å². The van der Waals surface area contributed by atoms with E-state index in [1.807, 2.05) is 0 Å². The van der Waals surface area contributed by atoms with E-state index >= 15 is 0 Å². The van der Waals surface area contributed by atoms with E-state index in [0.717, 1.165) is 37.9 Å². The molecule has 1 amide bonds. The number of carbonyl (C=O) groups excluding carboxylic acids is 1. The van der Waals surface area contributed by atoms with Crippen LogP contribution in [0.2, 0.25) is 0 Å². The first kappa shape index (κ1) is 13.6.